The molecule has 1 N–H and O–H groups in total. The molecule has 6 heteroatoms. The van der Waals surface area contributed by atoms with Gasteiger partial charge in [-0.25, -0.2) is 9.57 Å². The molecule has 0 atom stereocenters. The molecule has 4 aromatic rings. The SMILES string of the molecule is CC(C)N(c1c(N(C(C)C)C(C)C)c1=Nc1ccc(Nc2c(N(C(C)C)C(C)C)c2=[N+](C(C)C)C(C)C)c2ccccc12)C(C)C. The Bertz CT molecular complexity index is 1590. The van der Waals surface area contributed by atoms with Crippen molar-refractivity contribution in [2.24, 2.45) is 4.99 Å². The zero-order chi connectivity index (χ0) is 34.4. The van der Waals surface area contributed by atoms with Crippen molar-refractivity contribution in [3.8, 4) is 0 Å². The van der Waals surface area contributed by atoms with Gasteiger partial charge in [0, 0.05) is 52.7 Å². The molecule has 0 saturated heterocycles. The van der Waals surface area contributed by atoms with E-state index in [-0.39, 0.29) is 0 Å². The Labute approximate surface area is 280 Å². The van der Waals surface area contributed by atoms with Crippen molar-refractivity contribution in [3.63, 3.8) is 0 Å². The number of hydrogen-bond donors (Lipinski definition) is 1. The molecule has 0 heterocycles. The predicted octanol–water partition coefficient (Wildman–Crippen LogP) is 9.03. The summed E-state index contributed by atoms with van der Waals surface area (Å²) in [5, 5.41) is 8.78. The van der Waals surface area contributed by atoms with E-state index in [0.29, 0.717) is 48.3 Å². The number of anilines is 5. The van der Waals surface area contributed by atoms with Crippen molar-refractivity contribution in [2.75, 3.05) is 20.0 Å². The fourth-order valence-electron chi connectivity index (χ4n) is 7.74. The maximum atomic E-state index is 5.45. The molecule has 0 spiro atoms. The van der Waals surface area contributed by atoms with E-state index in [1.807, 2.05) is 0 Å². The molecular weight excluding hydrogens is 564 g/mol. The normalized spacial score (nSPS) is 12.6. The van der Waals surface area contributed by atoms with E-state index >= 15 is 0 Å². The zero-order valence-electron chi connectivity index (χ0n) is 31.8. The van der Waals surface area contributed by atoms with Gasteiger partial charge in [0.15, 0.2) is 0 Å². The first-order valence-electron chi connectivity index (χ1n) is 17.9. The maximum absolute atomic E-state index is 5.45. The summed E-state index contributed by atoms with van der Waals surface area (Å²) in [6.07, 6.45) is 0. The van der Waals surface area contributed by atoms with Gasteiger partial charge >= 0.3 is 0 Å². The molecule has 0 amide bonds. The van der Waals surface area contributed by atoms with E-state index < -0.39 is 0 Å². The number of benzene rings is 2. The lowest BCUT2D eigenvalue weighted by Gasteiger charge is -2.33. The third-order valence-corrected chi connectivity index (χ3v) is 9.12. The van der Waals surface area contributed by atoms with Gasteiger partial charge in [-0.1, -0.05) is 24.3 Å². The Balaban J connectivity index is 1.90. The highest BCUT2D eigenvalue weighted by atomic mass is 15.3. The van der Waals surface area contributed by atoms with Crippen LogP contribution in [-0.2, 0) is 0 Å². The van der Waals surface area contributed by atoms with Gasteiger partial charge < -0.3 is 20.0 Å². The van der Waals surface area contributed by atoms with Gasteiger partial charge in [-0.15, -0.1) is 0 Å². The van der Waals surface area contributed by atoms with E-state index in [0.717, 1.165) is 16.7 Å². The van der Waals surface area contributed by atoms with Crippen LogP contribution in [0.3, 0.4) is 0 Å². The lowest BCUT2D eigenvalue weighted by Crippen LogP contribution is -2.41. The summed E-state index contributed by atoms with van der Waals surface area (Å²) in [5.74, 6) is 0. The molecule has 252 valence electrons. The quantitative estimate of drug-likeness (QED) is 0.142. The number of nitrogens with one attached hydrogen (secondary N) is 1. The molecule has 0 aromatic heterocycles. The van der Waals surface area contributed by atoms with Gasteiger partial charge in [0.2, 0.25) is 0 Å². The third-order valence-electron chi connectivity index (χ3n) is 9.12. The van der Waals surface area contributed by atoms with Crippen molar-refractivity contribution in [1.29, 1.82) is 0 Å². The predicted molar refractivity (Wildman–Crippen MR) is 204 cm³/mol. The van der Waals surface area contributed by atoms with Gasteiger partial charge in [-0.2, -0.15) is 0 Å². The second-order valence-corrected chi connectivity index (χ2v) is 15.4. The number of nitrogens with zero attached hydrogens (tertiary/aromatic N) is 5. The molecule has 0 unspecified atom stereocenters. The fraction of sp³-hybridized carbons (Fsp3) is 0.600. The highest BCUT2D eigenvalue weighted by Crippen LogP contribution is 2.41. The first-order valence-corrected chi connectivity index (χ1v) is 17.9. The maximum Gasteiger partial charge on any atom is 0.252 e. The van der Waals surface area contributed by atoms with Crippen molar-refractivity contribution in [1.82, 2.24) is 4.58 Å². The van der Waals surface area contributed by atoms with Crippen LogP contribution in [0.4, 0.5) is 34.1 Å². The van der Waals surface area contributed by atoms with Crippen LogP contribution in [0.2, 0.25) is 0 Å². The molecule has 4 aromatic carbocycles. The van der Waals surface area contributed by atoms with Gasteiger partial charge in [0.25, 0.3) is 5.36 Å². The van der Waals surface area contributed by atoms with Crippen LogP contribution in [0, 0.1) is 0 Å². The zero-order valence-corrected chi connectivity index (χ0v) is 31.8. The summed E-state index contributed by atoms with van der Waals surface area (Å²) in [6.45, 7) is 36.7. The average Bonchev–Trinajstić information content (AvgIpc) is 3.80. The molecule has 4 rings (SSSR count). The monoisotopic (exact) mass is 628 g/mol. The summed E-state index contributed by atoms with van der Waals surface area (Å²) in [5.41, 5.74) is 7.35. The molecule has 0 radical (unpaired) electrons. The Morgan fingerprint density at radius 3 is 1.35 bits per heavy atom. The highest BCUT2D eigenvalue weighted by Gasteiger charge is 2.38. The molecule has 0 fully saturated rings. The molecule has 0 saturated carbocycles. The van der Waals surface area contributed by atoms with Crippen molar-refractivity contribution in [2.45, 2.75) is 159 Å². The second-order valence-electron chi connectivity index (χ2n) is 15.4. The summed E-state index contributed by atoms with van der Waals surface area (Å²) < 4.78 is 2.56. The van der Waals surface area contributed by atoms with Crippen LogP contribution in [0.5, 0.6) is 0 Å². The van der Waals surface area contributed by atoms with E-state index in [9.17, 15) is 0 Å². The van der Waals surface area contributed by atoms with Crippen LogP contribution in [0.15, 0.2) is 41.4 Å². The van der Waals surface area contributed by atoms with Crippen LogP contribution < -0.4 is 35.3 Å². The molecule has 6 nitrogen and oxygen atoms in total. The van der Waals surface area contributed by atoms with Crippen LogP contribution in [0.1, 0.15) is 111 Å². The van der Waals surface area contributed by atoms with Crippen molar-refractivity contribution >= 4 is 44.9 Å². The van der Waals surface area contributed by atoms with E-state index in [2.05, 4.69) is 172 Å². The van der Waals surface area contributed by atoms with Crippen molar-refractivity contribution < 1.29 is 0 Å². The van der Waals surface area contributed by atoms with Gasteiger partial charge in [0.1, 0.15) is 28.8 Å². The van der Waals surface area contributed by atoms with Gasteiger partial charge in [-0.3, -0.25) is 0 Å². The van der Waals surface area contributed by atoms with Crippen molar-refractivity contribution in [3.05, 3.63) is 47.1 Å². The van der Waals surface area contributed by atoms with Crippen LogP contribution in [-0.4, -0.2) is 48.3 Å². The fourth-order valence-corrected chi connectivity index (χ4v) is 7.74. The summed E-state index contributed by atoms with van der Waals surface area (Å²) in [7, 11) is 0. The molecule has 0 bridgehead atoms. The summed E-state index contributed by atoms with van der Waals surface area (Å²) >= 11 is 0. The number of hydrogen-bond acceptors (Lipinski definition) is 5. The van der Waals surface area contributed by atoms with E-state index in [1.54, 1.807) is 0 Å². The van der Waals surface area contributed by atoms with Gasteiger partial charge in [-0.05, 0) is 123 Å². The minimum atomic E-state index is 0.390. The molecule has 46 heavy (non-hydrogen) atoms. The van der Waals surface area contributed by atoms with Crippen LogP contribution in [0.25, 0.3) is 10.8 Å². The van der Waals surface area contributed by atoms with E-state index in [1.165, 1.54) is 38.9 Å². The minimum Gasteiger partial charge on any atom is -0.363 e. The topological polar surface area (TPSA) is 37.1 Å². The first kappa shape index (κ1) is 35.6. The summed E-state index contributed by atoms with van der Waals surface area (Å²) in [4.78, 5) is 13.1. The second kappa shape index (κ2) is 13.8. The van der Waals surface area contributed by atoms with E-state index in [4.69, 9.17) is 4.99 Å². The number of fused-ring (bicyclic) bond motifs is 1. The summed E-state index contributed by atoms with van der Waals surface area (Å²) in [6, 6.07) is 16.4. The minimum absolute atomic E-state index is 0.390. The third kappa shape index (κ3) is 6.87. The Morgan fingerprint density at radius 2 is 0.935 bits per heavy atom. The molecule has 0 aliphatic heterocycles. The Kier molecular flexibility index (Phi) is 10.7. The highest BCUT2D eigenvalue weighted by molar-refractivity contribution is 6.04. The largest absolute Gasteiger partial charge is 0.363 e. The first-order chi connectivity index (χ1) is 21.5. The molecule has 0 aliphatic rings. The smallest absolute Gasteiger partial charge is 0.252 e. The Hall–Kier alpha value is -3.28. The molecule has 0 aliphatic carbocycles. The standard InChI is InChI=1S/C40H62N6/c1-23(2)43(24(3)4)37-35(38(37)44(25(5)6)26(7)8)41-33-21-22-34(32-20-18-17-19-31(32)33)42-36-39(45(27(9)10)28(11)12)40(36)46(29(13)14)30(15)16/h17-30H,1-16H3/p+1. The average molecular weight is 628 g/mol. The lowest BCUT2D eigenvalue weighted by molar-refractivity contribution is 0.429. The van der Waals surface area contributed by atoms with Crippen LogP contribution >= 0.6 is 0 Å². The lowest BCUT2D eigenvalue weighted by atomic mass is 10.1. The van der Waals surface area contributed by atoms with Gasteiger partial charge in [0.05, 0.1) is 17.1 Å². The molecular formula is C40H63N6+. The Morgan fingerprint density at radius 1 is 0.522 bits per heavy atom. The number of rotatable bonds is 14.